The van der Waals surface area contributed by atoms with Gasteiger partial charge < -0.3 is 4.90 Å². The fourth-order valence-electron chi connectivity index (χ4n) is 9.60. The van der Waals surface area contributed by atoms with Crippen molar-refractivity contribution in [2.45, 2.75) is 19.3 Å². The summed E-state index contributed by atoms with van der Waals surface area (Å²) < 4.78 is 0. The van der Waals surface area contributed by atoms with E-state index in [1.54, 1.807) is 0 Å². The smallest absolute Gasteiger partial charge is 0.0540 e. The van der Waals surface area contributed by atoms with Gasteiger partial charge in [0.15, 0.2) is 0 Å². The number of rotatable bonds is 7. The molecule has 1 aliphatic rings. The summed E-state index contributed by atoms with van der Waals surface area (Å²) in [5, 5.41) is 4.92. The van der Waals surface area contributed by atoms with Gasteiger partial charge in [0, 0.05) is 22.2 Å². The zero-order chi connectivity index (χ0) is 40.2. The molecular formula is C59H43N. The van der Waals surface area contributed by atoms with Gasteiger partial charge in [0.05, 0.1) is 5.69 Å². The third kappa shape index (κ3) is 6.01. The molecule has 1 heteroatoms. The Kier molecular flexibility index (Phi) is 8.57. The summed E-state index contributed by atoms with van der Waals surface area (Å²) in [7, 11) is 0. The molecule has 11 rings (SSSR count). The molecule has 0 saturated carbocycles. The van der Waals surface area contributed by atoms with Gasteiger partial charge in [0.1, 0.15) is 0 Å². The highest BCUT2D eigenvalue weighted by atomic mass is 15.1. The molecule has 0 spiro atoms. The third-order valence-corrected chi connectivity index (χ3v) is 12.7. The largest absolute Gasteiger partial charge is 0.310 e. The van der Waals surface area contributed by atoms with Gasteiger partial charge in [0.25, 0.3) is 0 Å². The fourth-order valence-corrected chi connectivity index (χ4v) is 9.60. The van der Waals surface area contributed by atoms with Crippen LogP contribution in [0.3, 0.4) is 0 Å². The summed E-state index contributed by atoms with van der Waals surface area (Å²) in [6.07, 6.45) is 0. The minimum Gasteiger partial charge on any atom is -0.310 e. The summed E-state index contributed by atoms with van der Waals surface area (Å²) in [4.78, 5) is 2.43. The molecule has 0 bridgehead atoms. The van der Waals surface area contributed by atoms with Crippen LogP contribution in [0, 0.1) is 0 Å². The molecule has 1 nitrogen and oxygen atoms in total. The van der Waals surface area contributed by atoms with E-state index in [-0.39, 0.29) is 5.41 Å². The summed E-state index contributed by atoms with van der Waals surface area (Å²) >= 11 is 0. The summed E-state index contributed by atoms with van der Waals surface area (Å²) in [6.45, 7) is 4.71. The van der Waals surface area contributed by atoms with Crippen LogP contribution in [-0.4, -0.2) is 0 Å². The highest BCUT2D eigenvalue weighted by molar-refractivity contribution is 6.03. The molecule has 10 aromatic carbocycles. The van der Waals surface area contributed by atoms with Crippen LogP contribution in [0.5, 0.6) is 0 Å². The minimum absolute atomic E-state index is 0.0605. The lowest BCUT2D eigenvalue weighted by Crippen LogP contribution is -2.14. The zero-order valence-electron chi connectivity index (χ0n) is 33.8. The molecule has 0 radical (unpaired) electrons. The van der Waals surface area contributed by atoms with Crippen LogP contribution in [-0.2, 0) is 5.41 Å². The van der Waals surface area contributed by atoms with Crippen LogP contribution in [0.4, 0.5) is 17.1 Å². The molecule has 60 heavy (non-hydrogen) atoms. The Morgan fingerprint density at radius 1 is 0.317 bits per heavy atom. The quantitative estimate of drug-likeness (QED) is 0.156. The molecule has 0 heterocycles. The first-order valence-corrected chi connectivity index (χ1v) is 20.9. The zero-order valence-corrected chi connectivity index (χ0v) is 33.8. The van der Waals surface area contributed by atoms with E-state index in [4.69, 9.17) is 0 Å². The maximum absolute atomic E-state index is 2.43. The standard InChI is InChI=1S/C59H43N/c1-59(2)55-22-9-8-19-53(55)58-52(21-12-23-56(58)59)47-30-29-45-17-11-24-57(54(45)39-47)60(49-37-33-46(34-38-49)51-20-10-16-44-15-6-7-18-50(44)51)48-35-31-43(32-36-48)42-27-25-41(26-28-42)40-13-4-3-5-14-40/h3-39H,1-2H3. The second-order valence-corrected chi connectivity index (χ2v) is 16.5. The highest BCUT2D eigenvalue weighted by Crippen LogP contribution is 2.52. The molecule has 0 amide bonds. The third-order valence-electron chi connectivity index (χ3n) is 12.7. The van der Waals surface area contributed by atoms with Gasteiger partial charge in [-0.15, -0.1) is 0 Å². The van der Waals surface area contributed by atoms with Gasteiger partial charge in [0.2, 0.25) is 0 Å². The van der Waals surface area contributed by atoms with Gasteiger partial charge >= 0.3 is 0 Å². The maximum atomic E-state index is 2.43. The maximum Gasteiger partial charge on any atom is 0.0540 e. The van der Waals surface area contributed by atoms with Crippen molar-refractivity contribution in [2.24, 2.45) is 0 Å². The average molecular weight is 766 g/mol. The highest BCUT2D eigenvalue weighted by Gasteiger charge is 2.36. The van der Waals surface area contributed by atoms with Crippen LogP contribution in [0.2, 0.25) is 0 Å². The van der Waals surface area contributed by atoms with Crippen molar-refractivity contribution >= 4 is 38.6 Å². The lowest BCUT2D eigenvalue weighted by Gasteiger charge is -2.27. The number of nitrogens with zero attached hydrogens (tertiary/aromatic N) is 1. The molecule has 1 aliphatic carbocycles. The van der Waals surface area contributed by atoms with Crippen LogP contribution in [0.25, 0.3) is 77.2 Å². The molecule has 0 unspecified atom stereocenters. The average Bonchev–Trinajstić information content (AvgIpc) is 3.55. The topological polar surface area (TPSA) is 3.24 Å². The van der Waals surface area contributed by atoms with Gasteiger partial charge in [-0.05, 0) is 119 Å². The molecule has 10 aromatic rings. The first-order chi connectivity index (χ1) is 29.5. The van der Waals surface area contributed by atoms with Gasteiger partial charge in [-0.25, -0.2) is 0 Å². The summed E-state index contributed by atoms with van der Waals surface area (Å²) in [5.41, 5.74) is 18.5. The second-order valence-electron chi connectivity index (χ2n) is 16.5. The summed E-state index contributed by atoms with van der Waals surface area (Å²) in [5.74, 6) is 0. The van der Waals surface area contributed by atoms with Crippen LogP contribution in [0.15, 0.2) is 224 Å². The van der Waals surface area contributed by atoms with Crippen molar-refractivity contribution < 1.29 is 0 Å². The molecule has 0 aliphatic heterocycles. The predicted octanol–water partition coefficient (Wildman–Crippen LogP) is 16.4. The SMILES string of the molecule is CC1(C)c2ccccc2-c2c(-c3ccc4cccc(N(c5ccc(-c6ccc(-c7ccccc7)cc6)cc5)c5ccc(-c6cccc7ccccc67)cc5)c4c3)cccc21. The van der Waals surface area contributed by atoms with Gasteiger partial charge in [-0.1, -0.05) is 202 Å². The van der Waals surface area contributed by atoms with E-state index in [9.17, 15) is 0 Å². The van der Waals surface area contributed by atoms with E-state index in [2.05, 4.69) is 243 Å². The molecule has 284 valence electrons. The number of fused-ring (bicyclic) bond motifs is 5. The van der Waals surface area contributed by atoms with E-state index >= 15 is 0 Å². The van der Waals surface area contributed by atoms with E-state index in [1.807, 2.05) is 0 Å². The van der Waals surface area contributed by atoms with Crippen molar-refractivity contribution in [3.05, 3.63) is 236 Å². The van der Waals surface area contributed by atoms with Gasteiger partial charge in [-0.3, -0.25) is 0 Å². The van der Waals surface area contributed by atoms with Gasteiger partial charge in [-0.2, -0.15) is 0 Å². The predicted molar refractivity (Wildman–Crippen MR) is 255 cm³/mol. The van der Waals surface area contributed by atoms with E-state index in [1.165, 1.54) is 88.3 Å². The minimum atomic E-state index is -0.0605. The van der Waals surface area contributed by atoms with E-state index < -0.39 is 0 Å². The molecule has 0 atom stereocenters. The Bertz CT molecular complexity index is 3190. The Morgan fingerprint density at radius 3 is 1.53 bits per heavy atom. The lowest BCUT2D eigenvalue weighted by molar-refractivity contribution is 0.660. The van der Waals surface area contributed by atoms with Crippen LogP contribution in [0.1, 0.15) is 25.0 Å². The van der Waals surface area contributed by atoms with Crippen LogP contribution < -0.4 is 4.90 Å². The molecule has 0 fully saturated rings. The van der Waals surface area contributed by atoms with E-state index in [0.717, 1.165) is 17.1 Å². The Morgan fingerprint density at radius 2 is 0.800 bits per heavy atom. The Balaban J connectivity index is 1.04. The molecular weight excluding hydrogens is 723 g/mol. The Hall–Kier alpha value is -7.48. The first-order valence-electron chi connectivity index (χ1n) is 20.9. The normalized spacial score (nSPS) is 12.6. The fraction of sp³-hybridized carbons (Fsp3) is 0.0508. The monoisotopic (exact) mass is 765 g/mol. The number of hydrogen-bond donors (Lipinski definition) is 0. The van der Waals surface area contributed by atoms with Crippen molar-refractivity contribution in [1.82, 2.24) is 0 Å². The second kappa shape index (κ2) is 14.4. The molecule has 0 saturated heterocycles. The van der Waals surface area contributed by atoms with Crippen molar-refractivity contribution in [3.8, 4) is 55.6 Å². The number of anilines is 3. The van der Waals surface area contributed by atoms with E-state index in [0.29, 0.717) is 0 Å². The molecule has 0 aromatic heterocycles. The lowest BCUT2D eigenvalue weighted by atomic mass is 9.82. The molecule has 0 N–H and O–H groups in total. The van der Waals surface area contributed by atoms with Crippen molar-refractivity contribution in [3.63, 3.8) is 0 Å². The first kappa shape index (κ1) is 35.7. The summed E-state index contributed by atoms with van der Waals surface area (Å²) in [6, 6.07) is 82.3. The van der Waals surface area contributed by atoms with Crippen LogP contribution >= 0.6 is 0 Å². The van der Waals surface area contributed by atoms with Crippen molar-refractivity contribution in [2.75, 3.05) is 4.90 Å². The number of hydrogen-bond acceptors (Lipinski definition) is 1. The number of benzene rings is 10. The Labute approximate surface area is 352 Å². The van der Waals surface area contributed by atoms with Crippen molar-refractivity contribution in [1.29, 1.82) is 0 Å².